The van der Waals surface area contributed by atoms with Gasteiger partial charge in [-0.2, -0.15) is 4.98 Å². The molecule has 0 radical (unpaired) electrons. The molecular formula is C11H11N3O. The summed E-state index contributed by atoms with van der Waals surface area (Å²) >= 11 is 0. The molecule has 15 heavy (non-hydrogen) atoms. The standard InChI is InChI=1S/C11H11N3O/c1-8-7-14(11(15)13-10(8)12)9-5-3-2-4-6-9/h2-7H,1H3,(H2,12,13,15). The van der Waals surface area contributed by atoms with Crippen LogP contribution >= 0.6 is 0 Å². The highest BCUT2D eigenvalue weighted by Gasteiger charge is 2.03. The fourth-order valence-corrected chi connectivity index (χ4v) is 1.33. The Bertz CT molecular complexity index is 531. The van der Waals surface area contributed by atoms with E-state index in [1.165, 1.54) is 4.57 Å². The Morgan fingerprint density at radius 2 is 1.93 bits per heavy atom. The lowest BCUT2D eigenvalue weighted by Gasteiger charge is -2.06. The van der Waals surface area contributed by atoms with Crippen molar-refractivity contribution >= 4 is 5.82 Å². The van der Waals surface area contributed by atoms with E-state index in [9.17, 15) is 4.79 Å². The van der Waals surface area contributed by atoms with Gasteiger partial charge in [-0.25, -0.2) is 4.79 Å². The van der Waals surface area contributed by atoms with Crippen molar-refractivity contribution in [1.29, 1.82) is 0 Å². The molecule has 4 nitrogen and oxygen atoms in total. The third kappa shape index (κ3) is 1.74. The van der Waals surface area contributed by atoms with Gasteiger partial charge >= 0.3 is 5.69 Å². The summed E-state index contributed by atoms with van der Waals surface area (Å²) in [6.45, 7) is 1.82. The van der Waals surface area contributed by atoms with Gasteiger partial charge < -0.3 is 5.73 Å². The minimum atomic E-state index is -0.357. The van der Waals surface area contributed by atoms with Gasteiger partial charge in [-0.15, -0.1) is 0 Å². The summed E-state index contributed by atoms with van der Waals surface area (Å²) in [6, 6.07) is 9.32. The third-order valence-electron chi connectivity index (χ3n) is 2.18. The van der Waals surface area contributed by atoms with E-state index in [2.05, 4.69) is 4.98 Å². The summed E-state index contributed by atoms with van der Waals surface area (Å²) in [5.74, 6) is 0.284. The molecule has 2 rings (SSSR count). The lowest BCUT2D eigenvalue weighted by Crippen LogP contribution is -2.22. The molecule has 0 aliphatic carbocycles. The first-order valence-electron chi connectivity index (χ1n) is 4.59. The second-order valence-corrected chi connectivity index (χ2v) is 3.30. The van der Waals surface area contributed by atoms with Crippen LogP contribution in [0.3, 0.4) is 0 Å². The Labute approximate surface area is 87.0 Å². The second kappa shape index (κ2) is 3.57. The number of rotatable bonds is 1. The Morgan fingerprint density at radius 1 is 1.27 bits per heavy atom. The molecule has 1 aromatic heterocycles. The van der Waals surface area contributed by atoms with Crippen LogP contribution in [0.5, 0.6) is 0 Å². The van der Waals surface area contributed by atoms with Crippen LogP contribution in [0.2, 0.25) is 0 Å². The molecule has 0 spiro atoms. The van der Waals surface area contributed by atoms with E-state index in [4.69, 9.17) is 5.73 Å². The van der Waals surface area contributed by atoms with Gasteiger partial charge in [0, 0.05) is 11.8 Å². The highest BCUT2D eigenvalue weighted by Crippen LogP contribution is 2.07. The van der Waals surface area contributed by atoms with Crippen LogP contribution < -0.4 is 11.4 Å². The first-order chi connectivity index (χ1) is 7.18. The highest BCUT2D eigenvalue weighted by atomic mass is 16.1. The molecule has 1 aromatic carbocycles. The van der Waals surface area contributed by atoms with Gasteiger partial charge in [0.05, 0.1) is 5.69 Å². The van der Waals surface area contributed by atoms with E-state index < -0.39 is 0 Å². The molecule has 0 saturated heterocycles. The van der Waals surface area contributed by atoms with Gasteiger partial charge in [0.2, 0.25) is 0 Å². The van der Waals surface area contributed by atoms with E-state index in [1.54, 1.807) is 6.20 Å². The largest absolute Gasteiger partial charge is 0.383 e. The zero-order valence-electron chi connectivity index (χ0n) is 8.34. The number of nitrogen functional groups attached to an aromatic ring is 1. The number of aromatic nitrogens is 2. The fourth-order valence-electron chi connectivity index (χ4n) is 1.33. The minimum Gasteiger partial charge on any atom is -0.383 e. The Morgan fingerprint density at radius 3 is 2.60 bits per heavy atom. The van der Waals surface area contributed by atoms with Crippen molar-refractivity contribution in [2.45, 2.75) is 6.92 Å². The van der Waals surface area contributed by atoms with Gasteiger partial charge in [0.25, 0.3) is 0 Å². The first-order valence-corrected chi connectivity index (χ1v) is 4.59. The minimum absolute atomic E-state index is 0.284. The Hall–Kier alpha value is -2.10. The maximum atomic E-state index is 11.6. The van der Waals surface area contributed by atoms with Crippen LogP contribution in [0.1, 0.15) is 5.56 Å². The average Bonchev–Trinajstić information content (AvgIpc) is 2.25. The van der Waals surface area contributed by atoms with E-state index in [0.717, 1.165) is 11.3 Å². The van der Waals surface area contributed by atoms with Gasteiger partial charge in [0.15, 0.2) is 0 Å². The van der Waals surface area contributed by atoms with Crippen LogP contribution in [0.15, 0.2) is 41.3 Å². The molecule has 1 heterocycles. The van der Waals surface area contributed by atoms with Crippen molar-refractivity contribution in [3.05, 3.63) is 52.6 Å². The summed E-state index contributed by atoms with van der Waals surface area (Å²) in [5.41, 5.74) is 6.77. The molecule has 76 valence electrons. The number of nitrogens with zero attached hydrogens (tertiary/aromatic N) is 2. The second-order valence-electron chi connectivity index (χ2n) is 3.30. The predicted octanol–water partition coefficient (Wildman–Crippen LogP) is 1.12. The summed E-state index contributed by atoms with van der Waals surface area (Å²) in [6.07, 6.45) is 1.69. The maximum absolute atomic E-state index is 11.6. The third-order valence-corrected chi connectivity index (χ3v) is 2.18. The summed E-state index contributed by atoms with van der Waals surface area (Å²) in [7, 11) is 0. The Kier molecular flexibility index (Phi) is 2.25. The molecule has 0 atom stereocenters. The molecule has 4 heteroatoms. The van der Waals surface area contributed by atoms with Crippen LogP contribution in [0, 0.1) is 6.92 Å². The van der Waals surface area contributed by atoms with Crippen molar-refractivity contribution in [3.8, 4) is 5.69 Å². The lowest BCUT2D eigenvalue weighted by molar-refractivity contribution is 0.906. The molecule has 0 fully saturated rings. The van der Waals surface area contributed by atoms with Crippen molar-refractivity contribution in [2.75, 3.05) is 5.73 Å². The molecular weight excluding hydrogens is 190 g/mol. The number of para-hydroxylation sites is 1. The van der Waals surface area contributed by atoms with Gasteiger partial charge in [-0.05, 0) is 19.1 Å². The molecule has 0 saturated carbocycles. The number of hydrogen-bond acceptors (Lipinski definition) is 3. The topological polar surface area (TPSA) is 60.9 Å². The summed E-state index contributed by atoms with van der Waals surface area (Å²) in [4.78, 5) is 15.3. The van der Waals surface area contributed by atoms with Crippen LogP contribution in [-0.4, -0.2) is 9.55 Å². The molecule has 0 aliphatic rings. The fraction of sp³-hybridized carbons (Fsp3) is 0.0909. The number of anilines is 1. The predicted molar refractivity (Wildman–Crippen MR) is 59.0 cm³/mol. The van der Waals surface area contributed by atoms with Crippen molar-refractivity contribution in [2.24, 2.45) is 0 Å². The zero-order valence-corrected chi connectivity index (χ0v) is 8.34. The van der Waals surface area contributed by atoms with Gasteiger partial charge in [-0.1, -0.05) is 18.2 Å². The van der Waals surface area contributed by atoms with E-state index in [0.29, 0.717) is 0 Å². The first kappa shape index (κ1) is 9.45. The number of aryl methyl sites for hydroxylation is 1. The number of nitrogens with two attached hydrogens (primary N) is 1. The lowest BCUT2D eigenvalue weighted by atomic mass is 10.3. The van der Waals surface area contributed by atoms with Crippen LogP contribution in [0.4, 0.5) is 5.82 Å². The summed E-state index contributed by atoms with van der Waals surface area (Å²) in [5, 5.41) is 0. The van der Waals surface area contributed by atoms with E-state index in [-0.39, 0.29) is 11.5 Å². The molecule has 0 aliphatic heterocycles. The molecule has 0 unspecified atom stereocenters. The zero-order chi connectivity index (χ0) is 10.8. The van der Waals surface area contributed by atoms with E-state index >= 15 is 0 Å². The monoisotopic (exact) mass is 201 g/mol. The smallest absolute Gasteiger partial charge is 0.354 e. The maximum Gasteiger partial charge on any atom is 0.354 e. The van der Waals surface area contributed by atoms with E-state index in [1.807, 2.05) is 37.3 Å². The SMILES string of the molecule is Cc1cn(-c2ccccc2)c(=O)nc1N. The molecule has 0 bridgehead atoms. The number of hydrogen-bond donors (Lipinski definition) is 1. The Balaban J connectivity index is 2.65. The van der Waals surface area contributed by atoms with Gasteiger partial charge in [-0.3, -0.25) is 4.57 Å². The highest BCUT2D eigenvalue weighted by molar-refractivity contribution is 5.39. The van der Waals surface area contributed by atoms with Crippen LogP contribution in [-0.2, 0) is 0 Å². The molecule has 0 amide bonds. The average molecular weight is 201 g/mol. The van der Waals surface area contributed by atoms with Crippen molar-refractivity contribution in [3.63, 3.8) is 0 Å². The molecule has 2 aromatic rings. The van der Waals surface area contributed by atoms with Crippen LogP contribution in [0.25, 0.3) is 5.69 Å². The summed E-state index contributed by atoms with van der Waals surface area (Å²) < 4.78 is 1.48. The molecule has 2 N–H and O–H groups in total. The number of benzene rings is 1. The normalized spacial score (nSPS) is 10.2. The van der Waals surface area contributed by atoms with Crippen molar-refractivity contribution < 1.29 is 0 Å². The van der Waals surface area contributed by atoms with Gasteiger partial charge in [0.1, 0.15) is 5.82 Å². The van der Waals surface area contributed by atoms with Crippen molar-refractivity contribution in [1.82, 2.24) is 9.55 Å². The quantitative estimate of drug-likeness (QED) is 0.752.